The van der Waals surface area contributed by atoms with Crippen LogP contribution in [0.5, 0.6) is 0 Å². The van der Waals surface area contributed by atoms with Gasteiger partial charge in [-0.3, -0.25) is 14.2 Å². The number of carboxylic acid groups (broad SMARTS) is 1. The van der Waals surface area contributed by atoms with E-state index in [1.807, 2.05) is 0 Å². The lowest BCUT2D eigenvalue weighted by molar-refractivity contribution is -0.305. The highest BCUT2D eigenvalue weighted by Gasteiger charge is 2.06. The Morgan fingerprint density at radius 3 is 2.77 bits per heavy atom. The van der Waals surface area contributed by atoms with E-state index in [1.54, 1.807) is 24.3 Å². The summed E-state index contributed by atoms with van der Waals surface area (Å²) in [6.07, 6.45) is 1.79. The predicted octanol–water partition coefficient (Wildman–Crippen LogP) is -0.567. The fourth-order valence-corrected chi connectivity index (χ4v) is 2.04. The highest BCUT2D eigenvalue weighted by atomic mass is 16.4. The van der Waals surface area contributed by atoms with Crippen LogP contribution in [0.15, 0.2) is 35.4 Å². The highest BCUT2D eigenvalue weighted by molar-refractivity contribution is 5.77. The molecule has 1 aromatic heterocycles. The molecule has 0 bridgehead atoms. The molecule has 0 atom stereocenters. The monoisotopic (exact) mass is 302 g/mol. The first kappa shape index (κ1) is 15.7. The van der Waals surface area contributed by atoms with Crippen molar-refractivity contribution in [2.24, 2.45) is 0 Å². The molecule has 1 aromatic carbocycles. The topological polar surface area (TPSA) is 104 Å². The Hall–Kier alpha value is -2.70. The number of aliphatic carboxylic acids is 1. The van der Waals surface area contributed by atoms with Gasteiger partial charge in [0.05, 0.1) is 17.2 Å². The second-order valence-electron chi connectivity index (χ2n) is 4.84. The molecule has 0 saturated heterocycles. The quantitative estimate of drug-likeness (QED) is 0.690. The normalized spacial score (nSPS) is 10.5. The Morgan fingerprint density at radius 1 is 1.23 bits per heavy atom. The van der Waals surface area contributed by atoms with Crippen molar-refractivity contribution in [3.05, 3.63) is 40.9 Å². The third-order valence-electron chi connectivity index (χ3n) is 3.19. The molecule has 0 spiro atoms. The lowest BCUT2D eigenvalue weighted by Crippen LogP contribution is -2.29. The molecule has 0 aliphatic heterocycles. The van der Waals surface area contributed by atoms with Gasteiger partial charge in [-0.2, -0.15) is 0 Å². The first-order valence-electron chi connectivity index (χ1n) is 6.98. The highest BCUT2D eigenvalue weighted by Crippen LogP contribution is 2.04. The zero-order chi connectivity index (χ0) is 15.9. The van der Waals surface area contributed by atoms with Crippen LogP contribution in [0.25, 0.3) is 10.9 Å². The number of para-hydroxylation sites is 1. The van der Waals surface area contributed by atoms with Crippen LogP contribution < -0.4 is 16.0 Å². The van der Waals surface area contributed by atoms with Crippen LogP contribution >= 0.6 is 0 Å². The van der Waals surface area contributed by atoms with Crippen molar-refractivity contribution in [2.75, 3.05) is 6.54 Å². The first-order chi connectivity index (χ1) is 10.6. The molecule has 22 heavy (non-hydrogen) atoms. The zero-order valence-electron chi connectivity index (χ0n) is 11.9. The van der Waals surface area contributed by atoms with Gasteiger partial charge < -0.3 is 15.2 Å². The summed E-state index contributed by atoms with van der Waals surface area (Å²) in [5, 5.41) is 13.3. The summed E-state index contributed by atoms with van der Waals surface area (Å²) >= 11 is 0. The van der Waals surface area contributed by atoms with Gasteiger partial charge in [0.15, 0.2) is 0 Å². The van der Waals surface area contributed by atoms with Gasteiger partial charge in [-0.15, -0.1) is 0 Å². The minimum atomic E-state index is -1.14. The SMILES string of the molecule is O=C([O-])CCCNC(=O)CCn1cnc2ccccc2c1=O. The molecule has 7 heteroatoms. The molecule has 1 amide bonds. The number of aryl methyl sites for hydroxylation is 1. The Labute approximate surface area is 126 Å². The average Bonchev–Trinajstić information content (AvgIpc) is 2.51. The standard InChI is InChI=1S/C15H17N3O4/c19-13(16-8-3-6-14(20)21)7-9-18-10-17-12-5-2-1-4-11(12)15(18)22/h1-2,4-5,10H,3,6-9H2,(H,16,19)(H,20,21)/p-1. The van der Waals surface area contributed by atoms with Crippen LogP contribution in [0.2, 0.25) is 0 Å². The number of benzene rings is 1. The molecule has 0 radical (unpaired) electrons. The van der Waals surface area contributed by atoms with E-state index in [9.17, 15) is 19.5 Å². The maximum atomic E-state index is 12.2. The van der Waals surface area contributed by atoms with Crippen LogP contribution in [0.3, 0.4) is 0 Å². The van der Waals surface area contributed by atoms with Gasteiger partial charge in [-0.25, -0.2) is 4.98 Å². The van der Waals surface area contributed by atoms with Gasteiger partial charge >= 0.3 is 0 Å². The molecule has 0 unspecified atom stereocenters. The minimum absolute atomic E-state index is 0.0890. The number of nitrogens with one attached hydrogen (secondary N) is 1. The van der Waals surface area contributed by atoms with Crippen LogP contribution in [-0.4, -0.2) is 28.0 Å². The van der Waals surface area contributed by atoms with Crippen molar-refractivity contribution in [3.63, 3.8) is 0 Å². The van der Waals surface area contributed by atoms with E-state index in [0.29, 0.717) is 17.3 Å². The summed E-state index contributed by atoms with van der Waals surface area (Å²) in [5.41, 5.74) is 0.436. The number of nitrogens with zero attached hydrogens (tertiary/aromatic N) is 2. The largest absolute Gasteiger partial charge is 0.550 e. The van der Waals surface area contributed by atoms with Crippen LogP contribution in [0, 0.1) is 0 Å². The van der Waals surface area contributed by atoms with E-state index in [4.69, 9.17) is 0 Å². The van der Waals surface area contributed by atoms with Crippen LogP contribution in [0.1, 0.15) is 19.3 Å². The second-order valence-corrected chi connectivity index (χ2v) is 4.84. The summed E-state index contributed by atoms with van der Waals surface area (Å²) in [4.78, 5) is 38.2. The van der Waals surface area contributed by atoms with Crippen molar-refractivity contribution in [2.45, 2.75) is 25.8 Å². The maximum Gasteiger partial charge on any atom is 0.261 e. The van der Waals surface area contributed by atoms with Crippen molar-refractivity contribution in [3.8, 4) is 0 Å². The van der Waals surface area contributed by atoms with Crippen molar-refractivity contribution >= 4 is 22.8 Å². The number of carbonyl (C=O) groups excluding carboxylic acids is 2. The number of carboxylic acids is 1. The minimum Gasteiger partial charge on any atom is -0.550 e. The fourth-order valence-electron chi connectivity index (χ4n) is 2.04. The molecule has 0 saturated carbocycles. The smallest absolute Gasteiger partial charge is 0.261 e. The molecule has 116 valence electrons. The third kappa shape index (κ3) is 4.15. The summed E-state index contributed by atoms with van der Waals surface area (Å²) in [5.74, 6) is -1.37. The average molecular weight is 302 g/mol. The number of amides is 1. The van der Waals surface area contributed by atoms with Crippen LogP contribution in [-0.2, 0) is 16.1 Å². The predicted molar refractivity (Wildman–Crippen MR) is 77.9 cm³/mol. The van der Waals surface area contributed by atoms with E-state index in [2.05, 4.69) is 10.3 Å². The third-order valence-corrected chi connectivity index (χ3v) is 3.19. The molecule has 0 fully saturated rings. The fraction of sp³-hybridized carbons (Fsp3) is 0.333. The molecule has 2 rings (SSSR count). The van der Waals surface area contributed by atoms with Gasteiger partial charge in [0.2, 0.25) is 5.91 Å². The number of carbonyl (C=O) groups is 2. The second kappa shape index (κ2) is 7.35. The maximum absolute atomic E-state index is 12.2. The Bertz CT molecular complexity index is 739. The molecule has 7 nitrogen and oxygen atoms in total. The lowest BCUT2D eigenvalue weighted by Gasteiger charge is -2.08. The molecule has 0 aliphatic rings. The van der Waals surface area contributed by atoms with Gasteiger partial charge in [-0.05, 0) is 25.0 Å². The number of rotatable bonds is 7. The van der Waals surface area contributed by atoms with E-state index in [1.165, 1.54) is 10.9 Å². The van der Waals surface area contributed by atoms with E-state index < -0.39 is 5.97 Å². The van der Waals surface area contributed by atoms with E-state index >= 15 is 0 Å². The molecular weight excluding hydrogens is 286 g/mol. The number of hydrogen-bond donors (Lipinski definition) is 1. The summed E-state index contributed by atoms with van der Waals surface area (Å²) in [6.45, 7) is 0.501. The number of hydrogen-bond acceptors (Lipinski definition) is 5. The van der Waals surface area contributed by atoms with E-state index in [-0.39, 0.29) is 37.4 Å². The van der Waals surface area contributed by atoms with Crippen molar-refractivity contribution in [1.29, 1.82) is 0 Å². The van der Waals surface area contributed by atoms with Gasteiger partial charge in [-0.1, -0.05) is 12.1 Å². The number of aromatic nitrogens is 2. The molecule has 2 aromatic rings. The Kier molecular flexibility index (Phi) is 5.24. The molecule has 1 heterocycles. The van der Waals surface area contributed by atoms with Gasteiger partial charge in [0.1, 0.15) is 0 Å². The Morgan fingerprint density at radius 2 is 2.00 bits per heavy atom. The van der Waals surface area contributed by atoms with Gasteiger partial charge in [0, 0.05) is 25.5 Å². The first-order valence-corrected chi connectivity index (χ1v) is 6.98. The lowest BCUT2D eigenvalue weighted by atomic mass is 10.2. The van der Waals surface area contributed by atoms with E-state index in [0.717, 1.165) is 0 Å². The number of fused-ring (bicyclic) bond motifs is 1. The van der Waals surface area contributed by atoms with Crippen molar-refractivity contribution < 1.29 is 14.7 Å². The van der Waals surface area contributed by atoms with Crippen LogP contribution in [0.4, 0.5) is 0 Å². The van der Waals surface area contributed by atoms with Gasteiger partial charge in [0.25, 0.3) is 5.56 Å². The summed E-state index contributed by atoms with van der Waals surface area (Å²) in [6, 6.07) is 7.02. The summed E-state index contributed by atoms with van der Waals surface area (Å²) < 4.78 is 1.39. The zero-order valence-corrected chi connectivity index (χ0v) is 11.9. The molecular formula is C15H16N3O4-. The van der Waals surface area contributed by atoms with Crippen molar-refractivity contribution in [1.82, 2.24) is 14.9 Å². The molecule has 0 aliphatic carbocycles. The molecule has 1 N–H and O–H groups in total. The summed E-state index contributed by atoms with van der Waals surface area (Å²) in [7, 11) is 0. The Balaban J connectivity index is 1.89.